The largest absolute Gasteiger partial charge is 0.486 e. The average molecular weight is 401 g/mol. The highest BCUT2D eigenvalue weighted by molar-refractivity contribution is 14.1. The summed E-state index contributed by atoms with van der Waals surface area (Å²) in [6, 6.07) is 5.33. The van der Waals surface area contributed by atoms with Crippen molar-refractivity contribution in [1.29, 1.82) is 5.26 Å². The van der Waals surface area contributed by atoms with Crippen molar-refractivity contribution in [2.45, 2.75) is 31.7 Å². The molecule has 1 saturated heterocycles. The van der Waals surface area contributed by atoms with E-state index in [1.807, 2.05) is 28.7 Å². The van der Waals surface area contributed by atoms with E-state index in [4.69, 9.17) is 10.00 Å². The van der Waals surface area contributed by atoms with Gasteiger partial charge in [-0.2, -0.15) is 5.26 Å². The molecule has 2 rings (SSSR count). The van der Waals surface area contributed by atoms with Crippen LogP contribution in [0, 0.1) is 25.0 Å². The lowest BCUT2D eigenvalue weighted by atomic mass is 10.1. The maximum Gasteiger partial charge on any atom is 0.313 e. The lowest BCUT2D eigenvalue weighted by Crippen LogP contribution is -2.21. The minimum Gasteiger partial charge on any atom is -0.486 e. The quantitative estimate of drug-likeness (QED) is 0.343. The molecule has 1 atom stereocenters. The number of halogens is 1. The van der Waals surface area contributed by atoms with Gasteiger partial charge in [0.25, 0.3) is 0 Å². The summed E-state index contributed by atoms with van der Waals surface area (Å²) in [7, 11) is 0. The minimum absolute atomic E-state index is 0.141. The number of ether oxygens (including phenoxy) is 1. The lowest BCUT2D eigenvalue weighted by Gasteiger charge is -2.12. The summed E-state index contributed by atoms with van der Waals surface area (Å²) in [5.74, 6) is 0.263. The second kappa shape index (κ2) is 7.56. The van der Waals surface area contributed by atoms with Crippen molar-refractivity contribution in [1.82, 2.24) is 5.32 Å². The van der Waals surface area contributed by atoms with Gasteiger partial charge in [-0.1, -0.05) is 0 Å². The topological polar surface area (TPSA) is 88.2 Å². The fourth-order valence-electron chi connectivity index (χ4n) is 2.43. The zero-order chi connectivity index (χ0) is 15.2. The Balaban J connectivity index is 1.98. The van der Waals surface area contributed by atoms with Gasteiger partial charge in [0, 0.05) is 12.1 Å². The molecule has 112 valence electrons. The van der Waals surface area contributed by atoms with Crippen LogP contribution in [0.5, 0.6) is 5.75 Å². The molecular formula is C14H16IN3O3. The molecule has 0 aliphatic carbocycles. The third-order valence-electron chi connectivity index (χ3n) is 3.46. The van der Waals surface area contributed by atoms with Gasteiger partial charge in [0.1, 0.15) is 0 Å². The Kier molecular flexibility index (Phi) is 5.76. The Hall–Kier alpha value is -1.40. The van der Waals surface area contributed by atoms with Gasteiger partial charge >= 0.3 is 5.69 Å². The van der Waals surface area contributed by atoms with Gasteiger partial charge in [0.05, 0.1) is 26.7 Å². The monoisotopic (exact) mass is 401 g/mol. The summed E-state index contributed by atoms with van der Waals surface area (Å²) in [6.45, 7) is 1.52. The van der Waals surface area contributed by atoms with Crippen molar-refractivity contribution in [3.63, 3.8) is 0 Å². The number of nitrogens with zero attached hydrogens (tertiary/aromatic N) is 2. The number of nitro benzene ring substituents is 1. The Morgan fingerprint density at radius 3 is 3.00 bits per heavy atom. The van der Waals surface area contributed by atoms with Crippen molar-refractivity contribution in [2.75, 3.05) is 13.2 Å². The maximum absolute atomic E-state index is 11.1. The summed E-state index contributed by atoms with van der Waals surface area (Å²) < 4.78 is 6.20. The molecule has 1 fully saturated rings. The first kappa shape index (κ1) is 16.0. The van der Waals surface area contributed by atoms with Gasteiger partial charge in [0.2, 0.25) is 5.75 Å². The van der Waals surface area contributed by atoms with Crippen molar-refractivity contribution >= 4 is 28.3 Å². The highest BCUT2D eigenvalue weighted by atomic mass is 127. The average Bonchev–Trinajstić information content (AvgIpc) is 2.97. The van der Waals surface area contributed by atoms with Gasteiger partial charge in [-0.15, -0.1) is 0 Å². The smallest absolute Gasteiger partial charge is 0.313 e. The molecule has 21 heavy (non-hydrogen) atoms. The molecule has 1 unspecified atom stereocenters. The maximum atomic E-state index is 11.1. The molecule has 6 nitrogen and oxygen atoms in total. The molecule has 0 aromatic heterocycles. The van der Waals surface area contributed by atoms with Crippen LogP contribution in [0.15, 0.2) is 12.1 Å². The van der Waals surface area contributed by atoms with Crippen molar-refractivity contribution in [3.8, 4) is 11.8 Å². The van der Waals surface area contributed by atoms with Crippen molar-refractivity contribution in [3.05, 3.63) is 31.4 Å². The minimum atomic E-state index is -0.503. The third kappa shape index (κ3) is 4.28. The Morgan fingerprint density at radius 1 is 1.57 bits per heavy atom. The van der Waals surface area contributed by atoms with E-state index in [0.29, 0.717) is 16.2 Å². The normalized spacial score (nSPS) is 17.4. The molecule has 0 saturated carbocycles. The Bertz CT molecular complexity index is 565. The number of benzene rings is 1. The molecule has 1 aliphatic rings. The first-order valence-corrected chi connectivity index (χ1v) is 7.94. The fourth-order valence-corrected chi connectivity index (χ4v) is 3.20. The standard InChI is InChI=1S/C14H16IN3O3/c15-12-7-10(9-16)8-13(18(19)20)14(12)21-6-2-4-11-3-1-5-17-11/h7-8,11,17H,1-6H2. The van der Waals surface area contributed by atoms with Crippen LogP contribution >= 0.6 is 22.6 Å². The molecule has 0 amide bonds. The van der Waals surface area contributed by atoms with E-state index in [2.05, 4.69) is 5.32 Å². The fraction of sp³-hybridized carbons (Fsp3) is 0.500. The van der Waals surface area contributed by atoms with Gasteiger partial charge < -0.3 is 10.1 Å². The van der Waals surface area contributed by atoms with Gasteiger partial charge in [-0.25, -0.2) is 0 Å². The molecule has 1 aromatic carbocycles. The molecule has 1 N–H and O–H groups in total. The molecule has 0 spiro atoms. The van der Waals surface area contributed by atoms with E-state index < -0.39 is 4.92 Å². The summed E-state index contributed by atoms with van der Waals surface area (Å²) in [6.07, 6.45) is 4.27. The first-order chi connectivity index (χ1) is 10.1. The first-order valence-electron chi connectivity index (χ1n) is 6.86. The molecule has 1 aliphatic heterocycles. The van der Waals surface area contributed by atoms with E-state index in [9.17, 15) is 10.1 Å². The van der Waals surface area contributed by atoms with Gasteiger partial charge in [-0.3, -0.25) is 10.1 Å². The second-order valence-electron chi connectivity index (χ2n) is 4.96. The molecule has 1 heterocycles. The van der Waals surface area contributed by atoms with Crippen LogP contribution in [0.25, 0.3) is 0 Å². The molecule has 1 aromatic rings. The van der Waals surface area contributed by atoms with Gasteiger partial charge in [-0.05, 0) is 60.9 Å². The van der Waals surface area contributed by atoms with Crippen LogP contribution < -0.4 is 10.1 Å². The highest BCUT2D eigenvalue weighted by Crippen LogP contribution is 2.33. The number of nitriles is 1. The third-order valence-corrected chi connectivity index (χ3v) is 4.26. The predicted molar refractivity (Wildman–Crippen MR) is 86.3 cm³/mol. The number of nitro groups is 1. The van der Waals surface area contributed by atoms with Crippen LogP contribution in [0.2, 0.25) is 0 Å². The summed E-state index contributed by atoms with van der Waals surface area (Å²) in [5.41, 5.74) is 0.131. The summed E-state index contributed by atoms with van der Waals surface area (Å²) in [4.78, 5) is 10.6. The van der Waals surface area contributed by atoms with Crippen molar-refractivity contribution < 1.29 is 9.66 Å². The SMILES string of the molecule is N#Cc1cc(I)c(OCCCC2CCCN2)c([N+](=O)[O-])c1. The van der Waals surface area contributed by atoms with E-state index in [-0.39, 0.29) is 17.0 Å². The number of hydrogen-bond donors (Lipinski definition) is 1. The van der Waals surface area contributed by atoms with Crippen LogP contribution in [0.1, 0.15) is 31.2 Å². The van der Waals surface area contributed by atoms with Crippen LogP contribution in [0.4, 0.5) is 5.69 Å². The molecular weight excluding hydrogens is 385 g/mol. The predicted octanol–water partition coefficient (Wildman–Crippen LogP) is 2.98. The zero-order valence-corrected chi connectivity index (χ0v) is 13.6. The molecule has 7 heteroatoms. The van der Waals surface area contributed by atoms with Crippen molar-refractivity contribution in [2.24, 2.45) is 0 Å². The molecule has 0 bridgehead atoms. The summed E-state index contributed by atoms with van der Waals surface area (Å²) in [5, 5.41) is 23.4. The lowest BCUT2D eigenvalue weighted by molar-refractivity contribution is -0.386. The summed E-state index contributed by atoms with van der Waals surface area (Å²) >= 11 is 1.97. The van der Waals surface area contributed by atoms with Crippen LogP contribution in [0.3, 0.4) is 0 Å². The number of nitrogens with one attached hydrogen (secondary N) is 1. The zero-order valence-electron chi connectivity index (χ0n) is 11.5. The highest BCUT2D eigenvalue weighted by Gasteiger charge is 2.20. The number of hydrogen-bond acceptors (Lipinski definition) is 5. The van der Waals surface area contributed by atoms with E-state index >= 15 is 0 Å². The van der Waals surface area contributed by atoms with E-state index in [0.717, 1.165) is 19.4 Å². The number of rotatable bonds is 6. The van der Waals surface area contributed by atoms with Crippen LogP contribution in [-0.2, 0) is 0 Å². The van der Waals surface area contributed by atoms with E-state index in [1.54, 1.807) is 6.07 Å². The van der Waals surface area contributed by atoms with Crippen LogP contribution in [-0.4, -0.2) is 24.1 Å². The Morgan fingerprint density at radius 2 is 2.38 bits per heavy atom. The Labute approximate surface area is 136 Å². The molecule has 0 radical (unpaired) electrons. The van der Waals surface area contributed by atoms with E-state index in [1.165, 1.54) is 18.9 Å². The van der Waals surface area contributed by atoms with Gasteiger partial charge in [0.15, 0.2) is 0 Å². The second-order valence-corrected chi connectivity index (χ2v) is 6.12.